The lowest BCUT2D eigenvalue weighted by molar-refractivity contribution is 0.336. The summed E-state index contributed by atoms with van der Waals surface area (Å²) in [4.78, 5) is 9.99. The van der Waals surface area contributed by atoms with E-state index >= 15 is 0 Å². The van der Waals surface area contributed by atoms with E-state index in [1.54, 1.807) is 21.2 Å². The molecule has 0 unspecified atom stereocenters. The van der Waals surface area contributed by atoms with E-state index in [0.717, 1.165) is 42.1 Å². The van der Waals surface area contributed by atoms with Gasteiger partial charge in [-0.25, -0.2) is 17.7 Å². The van der Waals surface area contributed by atoms with E-state index in [2.05, 4.69) is 14.9 Å². The van der Waals surface area contributed by atoms with Crippen molar-refractivity contribution < 1.29 is 13.2 Å². The van der Waals surface area contributed by atoms with Crippen molar-refractivity contribution in [3.8, 4) is 5.75 Å². The fraction of sp³-hybridized carbons (Fsp3) is 0.562. The smallest absolute Gasteiger partial charge is 0.213 e. The summed E-state index contributed by atoms with van der Waals surface area (Å²) in [6.45, 7) is 1.56. The van der Waals surface area contributed by atoms with Crippen molar-refractivity contribution in [3.05, 3.63) is 24.0 Å². The van der Waals surface area contributed by atoms with Crippen molar-refractivity contribution >= 4 is 21.1 Å². The minimum atomic E-state index is -3.11. The molecule has 1 N–H and O–H groups in total. The highest BCUT2D eigenvalue weighted by Gasteiger charge is 2.13. The molecule has 134 valence electrons. The Balaban J connectivity index is 1.82. The lowest BCUT2D eigenvalue weighted by Gasteiger charge is -2.17. The van der Waals surface area contributed by atoms with Crippen molar-refractivity contribution in [1.29, 1.82) is 0 Å². The van der Waals surface area contributed by atoms with Crippen molar-refractivity contribution in [2.24, 2.45) is 0 Å². The van der Waals surface area contributed by atoms with Gasteiger partial charge in [0, 0.05) is 33.1 Å². The minimum Gasteiger partial charge on any atom is -0.497 e. The Bertz CT molecular complexity index is 771. The highest BCUT2D eigenvalue weighted by molar-refractivity contribution is 7.89. The Morgan fingerprint density at radius 2 is 1.96 bits per heavy atom. The second-order valence-electron chi connectivity index (χ2n) is 6.07. The number of hydrogen-bond acceptors (Lipinski definition) is 5. The van der Waals surface area contributed by atoms with E-state index in [0.29, 0.717) is 6.42 Å². The van der Waals surface area contributed by atoms with Crippen LogP contribution in [0.4, 0.5) is 0 Å². The first-order valence-electron chi connectivity index (χ1n) is 7.93. The van der Waals surface area contributed by atoms with Crippen molar-refractivity contribution in [1.82, 2.24) is 19.2 Å². The van der Waals surface area contributed by atoms with Crippen molar-refractivity contribution in [2.45, 2.75) is 12.8 Å². The molecule has 0 aliphatic rings. The summed E-state index contributed by atoms with van der Waals surface area (Å²) in [5, 5.41) is 0. The maximum atomic E-state index is 11.7. The van der Waals surface area contributed by atoms with E-state index in [1.807, 2.05) is 25.2 Å². The highest BCUT2D eigenvalue weighted by Crippen LogP contribution is 2.18. The SMILES string of the molecule is COc1ccc2nc(CCN(C)CCCS(=O)(=O)N(C)C)[nH]c2c1. The van der Waals surface area contributed by atoms with Crippen LogP contribution in [0.5, 0.6) is 5.75 Å². The zero-order chi connectivity index (χ0) is 17.7. The molecule has 0 atom stereocenters. The van der Waals surface area contributed by atoms with Crippen LogP contribution in [-0.4, -0.2) is 74.7 Å². The van der Waals surface area contributed by atoms with Crippen LogP contribution in [0, 0.1) is 0 Å². The van der Waals surface area contributed by atoms with Gasteiger partial charge in [0.05, 0.1) is 23.9 Å². The molecule has 7 nitrogen and oxygen atoms in total. The van der Waals surface area contributed by atoms with Crippen LogP contribution < -0.4 is 4.74 Å². The molecule has 0 aliphatic carbocycles. The number of nitrogens with one attached hydrogen (secondary N) is 1. The maximum Gasteiger partial charge on any atom is 0.213 e. The molecule has 0 amide bonds. The van der Waals surface area contributed by atoms with Crippen LogP contribution in [0.1, 0.15) is 12.2 Å². The molecule has 0 fully saturated rings. The zero-order valence-electron chi connectivity index (χ0n) is 14.7. The third-order valence-corrected chi connectivity index (χ3v) is 5.88. The summed E-state index contributed by atoms with van der Waals surface area (Å²) in [6.07, 6.45) is 1.41. The van der Waals surface area contributed by atoms with Gasteiger partial charge < -0.3 is 14.6 Å². The lowest BCUT2D eigenvalue weighted by Crippen LogP contribution is -2.29. The number of benzene rings is 1. The molecule has 0 saturated carbocycles. The van der Waals surface area contributed by atoms with E-state index in [1.165, 1.54) is 4.31 Å². The Hall–Kier alpha value is -1.64. The summed E-state index contributed by atoms with van der Waals surface area (Å²) >= 11 is 0. The number of sulfonamides is 1. The Morgan fingerprint density at radius 1 is 1.21 bits per heavy atom. The molecule has 0 bridgehead atoms. The molecule has 0 saturated heterocycles. The van der Waals surface area contributed by atoms with E-state index in [-0.39, 0.29) is 5.75 Å². The maximum absolute atomic E-state index is 11.7. The van der Waals surface area contributed by atoms with E-state index < -0.39 is 10.0 Å². The molecule has 8 heteroatoms. The molecular formula is C16H26N4O3S. The molecule has 2 aromatic rings. The van der Waals surface area contributed by atoms with Crippen LogP contribution >= 0.6 is 0 Å². The fourth-order valence-corrected chi connectivity index (χ4v) is 3.25. The number of H-pyrrole nitrogens is 1. The molecule has 1 aromatic heterocycles. The first kappa shape index (κ1) is 18.7. The fourth-order valence-electron chi connectivity index (χ4n) is 2.39. The minimum absolute atomic E-state index is 0.175. The second-order valence-corrected chi connectivity index (χ2v) is 8.37. The lowest BCUT2D eigenvalue weighted by atomic mass is 10.3. The monoisotopic (exact) mass is 354 g/mol. The van der Waals surface area contributed by atoms with Gasteiger partial charge in [0.1, 0.15) is 11.6 Å². The van der Waals surface area contributed by atoms with Gasteiger partial charge in [-0.3, -0.25) is 0 Å². The number of likely N-dealkylation sites (N-methyl/N-ethyl adjacent to an activating group) is 1. The number of aromatic nitrogens is 2. The topological polar surface area (TPSA) is 78.5 Å². The molecule has 24 heavy (non-hydrogen) atoms. The van der Waals surface area contributed by atoms with Gasteiger partial charge in [-0.1, -0.05) is 0 Å². The summed E-state index contributed by atoms with van der Waals surface area (Å²) < 4.78 is 29.9. The normalized spacial score (nSPS) is 12.4. The van der Waals surface area contributed by atoms with E-state index in [4.69, 9.17) is 4.74 Å². The summed E-state index contributed by atoms with van der Waals surface area (Å²) in [7, 11) is 3.66. The van der Waals surface area contributed by atoms with Gasteiger partial charge in [-0.05, 0) is 32.1 Å². The number of hydrogen-bond donors (Lipinski definition) is 1. The predicted molar refractivity (Wildman–Crippen MR) is 95.9 cm³/mol. The molecule has 0 aliphatic heterocycles. The van der Waals surface area contributed by atoms with Crippen LogP contribution in [0.15, 0.2) is 18.2 Å². The van der Waals surface area contributed by atoms with Crippen molar-refractivity contribution in [3.63, 3.8) is 0 Å². The van der Waals surface area contributed by atoms with Gasteiger partial charge in [-0.2, -0.15) is 0 Å². The number of ether oxygens (including phenoxy) is 1. The number of nitrogens with zero attached hydrogens (tertiary/aromatic N) is 3. The van der Waals surface area contributed by atoms with Gasteiger partial charge in [0.2, 0.25) is 10.0 Å². The first-order chi connectivity index (χ1) is 11.3. The number of imidazole rings is 1. The summed E-state index contributed by atoms with van der Waals surface area (Å²) in [6, 6.07) is 5.76. The standard InChI is InChI=1S/C16H26N4O3S/c1-19(2)24(21,22)11-5-9-20(3)10-8-16-17-14-7-6-13(23-4)12-15(14)18-16/h6-7,12H,5,8-11H2,1-4H3,(H,17,18). The molecule has 0 spiro atoms. The first-order valence-corrected chi connectivity index (χ1v) is 9.54. The molecular weight excluding hydrogens is 328 g/mol. The van der Waals surface area contributed by atoms with Crippen LogP contribution in [0.3, 0.4) is 0 Å². The van der Waals surface area contributed by atoms with Gasteiger partial charge in [0.25, 0.3) is 0 Å². The Kier molecular flexibility index (Phi) is 6.20. The molecule has 1 aromatic carbocycles. The Morgan fingerprint density at radius 3 is 2.62 bits per heavy atom. The Labute approximate surface area is 143 Å². The third kappa shape index (κ3) is 4.93. The molecule has 0 radical (unpaired) electrons. The third-order valence-electron chi connectivity index (χ3n) is 3.97. The highest BCUT2D eigenvalue weighted by atomic mass is 32.2. The second kappa shape index (κ2) is 7.96. The number of aromatic amines is 1. The summed E-state index contributed by atoms with van der Waals surface area (Å²) in [5.74, 6) is 1.90. The average molecular weight is 354 g/mol. The van der Waals surface area contributed by atoms with Crippen molar-refractivity contribution in [2.75, 3.05) is 47.1 Å². The van der Waals surface area contributed by atoms with Crippen LogP contribution in [-0.2, 0) is 16.4 Å². The summed E-state index contributed by atoms with van der Waals surface area (Å²) in [5.41, 5.74) is 1.88. The largest absolute Gasteiger partial charge is 0.497 e. The van der Waals surface area contributed by atoms with Crippen LogP contribution in [0.25, 0.3) is 11.0 Å². The molecule has 1 heterocycles. The van der Waals surface area contributed by atoms with Gasteiger partial charge >= 0.3 is 0 Å². The van der Waals surface area contributed by atoms with Gasteiger partial charge in [-0.15, -0.1) is 0 Å². The number of methoxy groups -OCH3 is 1. The number of fused-ring (bicyclic) bond motifs is 1. The predicted octanol–water partition coefficient (Wildman–Crippen LogP) is 1.33. The van der Waals surface area contributed by atoms with Gasteiger partial charge in [0.15, 0.2) is 0 Å². The molecule has 2 rings (SSSR count). The number of rotatable bonds is 9. The zero-order valence-corrected chi connectivity index (χ0v) is 15.6. The van der Waals surface area contributed by atoms with Crippen LogP contribution in [0.2, 0.25) is 0 Å². The van der Waals surface area contributed by atoms with E-state index in [9.17, 15) is 8.42 Å². The average Bonchev–Trinajstić information content (AvgIpc) is 2.94. The quantitative estimate of drug-likeness (QED) is 0.735.